The summed E-state index contributed by atoms with van der Waals surface area (Å²) in [5.41, 5.74) is 1.76. The van der Waals surface area contributed by atoms with Crippen molar-refractivity contribution in [2.24, 2.45) is 5.41 Å². The molecule has 0 N–H and O–H groups in total. The van der Waals surface area contributed by atoms with E-state index >= 15 is 0 Å². The minimum atomic E-state index is 0.331. The first-order valence-electron chi connectivity index (χ1n) is 9.43. The molecule has 0 saturated carbocycles. The third kappa shape index (κ3) is 3.04. The molecule has 4 heteroatoms. The van der Waals surface area contributed by atoms with Gasteiger partial charge in [-0.1, -0.05) is 18.2 Å². The molecule has 0 aliphatic carbocycles. The number of para-hydroxylation sites is 1. The number of amides is 1. The van der Waals surface area contributed by atoms with Crippen LogP contribution < -0.4 is 4.90 Å². The maximum atomic E-state index is 11.8. The van der Waals surface area contributed by atoms with Gasteiger partial charge in [-0.25, -0.2) is 0 Å². The van der Waals surface area contributed by atoms with Crippen LogP contribution in [0.2, 0.25) is 0 Å². The molecule has 1 aromatic rings. The van der Waals surface area contributed by atoms with Crippen molar-refractivity contribution in [3.05, 3.63) is 30.3 Å². The molecular formula is C20H29N3O. The Hall–Kier alpha value is -1.55. The Kier molecular flexibility index (Phi) is 4.25. The maximum absolute atomic E-state index is 11.8. The number of nitrogens with zero attached hydrogens (tertiary/aromatic N) is 3. The van der Waals surface area contributed by atoms with Crippen molar-refractivity contribution < 1.29 is 4.79 Å². The Morgan fingerprint density at radius 3 is 2.50 bits per heavy atom. The van der Waals surface area contributed by atoms with Crippen molar-refractivity contribution in [2.45, 2.75) is 38.1 Å². The van der Waals surface area contributed by atoms with Gasteiger partial charge in [-0.3, -0.25) is 9.69 Å². The fourth-order valence-corrected chi connectivity index (χ4v) is 4.92. The number of carbonyl (C=O) groups is 1. The molecule has 3 fully saturated rings. The van der Waals surface area contributed by atoms with E-state index in [0.717, 1.165) is 25.9 Å². The fourth-order valence-electron chi connectivity index (χ4n) is 4.92. The summed E-state index contributed by atoms with van der Waals surface area (Å²) in [7, 11) is 1.98. The molecule has 1 atom stereocenters. The predicted octanol–water partition coefficient (Wildman–Crippen LogP) is 2.60. The predicted molar refractivity (Wildman–Crippen MR) is 97.2 cm³/mol. The molecule has 3 heterocycles. The van der Waals surface area contributed by atoms with E-state index in [1.165, 1.54) is 44.6 Å². The topological polar surface area (TPSA) is 26.8 Å². The number of carbonyl (C=O) groups excluding carboxylic acids is 1. The largest absolute Gasteiger partial charge is 0.370 e. The summed E-state index contributed by atoms with van der Waals surface area (Å²) in [5.74, 6) is 0.331. The highest BCUT2D eigenvalue weighted by Gasteiger charge is 2.41. The Bertz CT molecular complexity index is 580. The zero-order valence-corrected chi connectivity index (χ0v) is 14.8. The molecule has 0 radical (unpaired) electrons. The van der Waals surface area contributed by atoms with Crippen LogP contribution in [0.15, 0.2) is 30.3 Å². The molecule has 4 nitrogen and oxygen atoms in total. The third-order valence-corrected chi connectivity index (χ3v) is 6.53. The molecule has 24 heavy (non-hydrogen) atoms. The lowest BCUT2D eigenvalue weighted by molar-refractivity contribution is -0.137. The number of hydrogen-bond donors (Lipinski definition) is 0. The summed E-state index contributed by atoms with van der Waals surface area (Å²) in [6.45, 7) is 5.72. The van der Waals surface area contributed by atoms with Crippen molar-refractivity contribution in [3.8, 4) is 0 Å². The normalized spacial score (nSPS) is 27.9. The molecule has 0 aromatic heterocycles. The van der Waals surface area contributed by atoms with E-state index in [1.54, 1.807) is 0 Å². The van der Waals surface area contributed by atoms with Crippen molar-refractivity contribution >= 4 is 11.6 Å². The molecule has 1 spiro atoms. The van der Waals surface area contributed by atoms with E-state index in [-0.39, 0.29) is 0 Å². The molecule has 3 aliphatic rings. The van der Waals surface area contributed by atoms with E-state index < -0.39 is 0 Å². The summed E-state index contributed by atoms with van der Waals surface area (Å²) >= 11 is 0. The monoisotopic (exact) mass is 327 g/mol. The zero-order chi connectivity index (χ0) is 16.6. The van der Waals surface area contributed by atoms with E-state index in [4.69, 9.17) is 0 Å². The van der Waals surface area contributed by atoms with Gasteiger partial charge in [0.1, 0.15) is 0 Å². The number of anilines is 1. The van der Waals surface area contributed by atoms with Crippen LogP contribution >= 0.6 is 0 Å². The van der Waals surface area contributed by atoms with Crippen molar-refractivity contribution in [1.82, 2.24) is 9.80 Å². The van der Waals surface area contributed by atoms with Crippen molar-refractivity contribution in [2.75, 3.05) is 44.7 Å². The average Bonchev–Trinajstić information content (AvgIpc) is 3.10. The van der Waals surface area contributed by atoms with Gasteiger partial charge in [0.15, 0.2) is 0 Å². The minimum absolute atomic E-state index is 0.331. The lowest BCUT2D eigenvalue weighted by atomic mass is 9.72. The van der Waals surface area contributed by atoms with Crippen LogP contribution in [0.3, 0.4) is 0 Å². The number of piperidine rings is 2. The summed E-state index contributed by atoms with van der Waals surface area (Å²) < 4.78 is 0. The lowest BCUT2D eigenvalue weighted by Crippen LogP contribution is -2.52. The molecule has 3 saturated heterocycles. The molecule has 0 bridgehead atoms. The Morgan fingerprint density at radius 1 is 1.04 bits per heavy atom. The highest BCUT2D eigenvalue weighted by Crippen LogP contribution is 2.40. The molecule has 3 aliphatic heterocycles. The van der Waals surface area contributed by atoms with Crippen molar-refractivity contribution in [1.29, 1.82) is 0 Å². The summed E-state index contributed by atoms with van der Waals surface area (Å²) in [4.78, 5) is 19.0. The van der Waals surface area contributed by atoms with Crippen molar-refractivity contribution in [3.63, 3.8) is 0 Å². The first-order chi connectivity index (χ1) is 11.7. The summed E-state index contributed by atoms with van der Waals surface area (Å²) in [5, 5.41) is 0. The summed E-state index contributed by atoms with van der Waals surface area (Å²) in [6.07, 6.45) is 5.64. The molecule has 1 amide bonds. The van der Waals surface area contributed by atoms with Crippen LogP contribution in [0.25, 0.3) is 0 Å². The Labute approximate surface area is 145 Å². The van der Waals surface area contributed by atoms with Crippen LogP contribution in [-0.4, -0.2) is 61.5 Å². The van der Waals surface area contributed by atoms with Crippen LogP contribution in [-0.2, 0) is 4.79 Å². The van der Waals surface area contributed by atoms with Crippen LogP contribution in [0.4, 0.5) is 5.69 Å². The number of benzene rings is 1. The van der Waals surface area contributed by atoms with Gasteiger partial charge >= 0.3 is 0 Å². The first-order valence-corrected chi connectivity index (χ1v) is 9.43. The number of likely N-dealkylation sites (tertiary alicyclic amines) is 2. The number of rotatable bonds is 2. The quantitative estimate of drug-likeness (QED) is 0.835. The SMILES string of the molecule is CN1CC2(CCC1=O)CCN(C1CCN(c3ccccc3)C1)CC2. The first kappa shape index (κ1) is 15.9. The second kappa shape index (κ2) is 6.40. The maximum Gasteiger partial charge on any atom is 0.222 e. The van der Waals surface area contributed by atoms with Gasteiger partial charge in [-0.15, -0.1) is 0 Å². The van der Waals surface area contributed by atoms with Gasteiger partial charge in [-0.05, 0) is 56.3 Å². The Morgan fingerprint density at radius 2 is 1.79 bits per heavy atom. The minimum Gasteiger partial charge on any atom is -0.370 e. The highest BCUT2D eigenvalue weighted by molar-refractivity contribution is 5.76. The van der Waals surface area contributed by atoms with E-state index in [1.807, 2.05) is 11.9 Å². The highest BCUT2D eigenvalue weighted by atomic mass is 16.2. The smallest absolute Gasteiger partial charge is 0.222 e. The van der Waals surface area contributed by atoms with Gasteiger partial charge < -0.3 is 9.80 Å². The van der Waals surface area contributed by atoms with Crippen LogP contribution in [0.5, 0.6) is 0 Å². The molecule has 130 valence electrons. The summed E-state index contributed by atoms with van der Waals surface area (Å²) in [6, 6.07) is 11.5. The molecular weight excluding hydrogens is 298 g/mol. The third-order valence-electron chi connectivity index (χ3n) is 6.53. The van der Waals surface area contributed by atoms with Crippen LogP contribution in [0, 0.1) is 5.41 Å². The second-order valence-corrected chi connectivity index (χ2v) is 8.01. The fraction of sp³-hybridized carbons (Fsp3) is 0.650. The van der Waals surface area contributed by atoms with Gasteiger partial charge in [0.05, 0.1) is 0 Å². The molecule has 4 rings (SSSR count). The lowest BCUT2D eigenvalue weighted by Gasteiger charge is -2.47. The molecule has 1 aromatic carbocycles. The van der Waals surface area contributed by atoms with E-state index in [2.05, 4.69) is 40.1 Å². The van der Waals surface area contributed by atoms with Gasteiger partial charge in [-0.2, -0.15) is 0 Å². The Balaban J connectivity index is 1.33. The number of hydrogen-bond acceptors (Lipinski definition) is 3. The standard InChI is InChI=1S/C20H29N3O/c1-21-16-20(9-7-19(21)24)10-13-22(14-11-20)18-8-12-23(15-18)17-5-3-2-4-6-17/h2-6,18H,7-16H2,1H3. The average molecular weight is 327 g/mol. The van der Waals surface area contributed by atoms with Gasteiger partial charge in [0.2, 0.25) is 5.91 Å². The van der Waals surface area contributed by atoms with E-state index in [9.17, 15) is 4.79 Å². The second-order valence-electron chi connectivity index (χ2n) is 8.01. The van der Waals surface area contributed by atoms with Gasteiger partial charge in [0, 0.05) is 44.8 Å². The van der Waals surface area contributed by atoms with Gasteiger partial charge in [0.25, 0.3) is 0 Å². The van der Waals surface area contributed by atoms with E-state index in [0.29, 0.717) is 17.4 Å². The zero-order valence-electron chi connectivity index (χ0n) is 14.8. The molecule has 1 unspecified atom stereocenters. The van der Waals surface area contributed by atoms with Crippen LogP contribution in [0.1, 0.15) is 32.1 Å².